The topological polar surface area (TPSA) is 60.4 Å². The van der Waals surface area contributed by atoms with E-state index in [-0.39, 0.29) is 6.04 Å². The first-order valence-electron chi connectivity index (χ1n) is 6.13. The highest BCUT2D eigenvalue weighted by atomic mass is 16.5. The van der Waals surface area contributed by atoms with Crippen LogP contribution in [0.15, 0.2) is 41.2 Å². The number of para-hydroxylation sites is 1. The van der Waals surface area contributed by atoms with E-state index in [1.54, 1.807) is 12.5 Å². The van der Waals surface area contributed by atoms with Crippen LogP contribution in [0.5, 0.6) is 5.75 Å². The van der Waals surface area contributed by atoms with Crippen molar-refractivity contribution in [1.29, 1.82) is 0 Å². The monoisotopic (exact) mass is 244 g/mol. The molecule has 3 rings (SSSR count). The Hall–Kier alpha value is -1.78. The van der Waals surface area contributed by atoms with Crippen LogP contribution < -0.4 is 16.0 Å². The van der Waals surface area contributed by atoms with Gasteiger partial charge in [0, 0.05) is 11.1 Å². The van der Waals surface area contributed by atoms with Crippen molar-refractivity contribution in [2.45, 2.75) is 18.9 Å². The van der Waals surface area contributed by atoms with Crippen LogP contribution in [0.25, 0.3) is 0 Å². The van der Waals surface area contributed by atoms with E-state index >= 15 is 0 Å². The lowest BCUT2D eigenvalue weighted by Gasteiger charge is -2.24. The van der Waals surface area contributed by atoms with E-state index in [0.29, 0.717) is 0 Å². The lowest BCUT2D eigenvalue weighted by Crippen LogP contribution is -2.29. The number of rotatable bonds is 3. The van der Waals surface area contributed by atoms with Gasteiger partial charge >= 0.3 is 0 Å². The molecule has 18 heavy (non-hydrogen) atoms. The molecule has 0 bridgehead atoms. The van der Waals surface area contributed by atoms with Gasteiger partial charge in [0.25, 0.3) is 0 Å². The third kappa shape index (κ3) is 1.89. The minimum Gasteiger partial charge on any atom is -0.493 e. The van der Waals surface area contributed by atoms with Crippen molar-refractivity contribution in [3.8, 4) is 5.75 Å². The van der Waals surface area contributed by atoms with E-state index in [2.05, 4.69) is 11.5 Å². The Bertz CT molecular complexity index is 523. The normalized spacial score (nSPS) is 15.8. The van der Waals surface area contributed by atoms with Gasteiger partial charge in [0.1, 0.15) is 5.75 Å². The van der Waals surface area contributed by atoms with Gasteiger partial charge in [-0.25, -0.2) is 5.43 Å². The standard InChI is InChI=1S/C14H16N2O2/c15-16-13(11-6-8-17-9-11)12-5-1-3-10-4-2-7-18-14(10)12/h1,3,5-6,8-9,13,16H,2,4,7,15H2. The molecule has 0 saturated carbocycles. The molecule has 2 aromatic rings. The van der Waals surface area contributed by atoms with Crippen LogP contribution >= 0.6 is 0 Å². The van der Waals surface area contributed by atoms with Crippen molar-refractivity contribution in [3.63, 3.8) is 0 Å². The number of benzene rings is 1. The van der Waals surface area contributed by atoms with Crippen LogP contribution in [0.3, 0.4) is 0 Å². The fraction of sp³-hybridized carbons (Fsp3) is 0.286. The van der Waals surface area contributed by atoms with Gasteiger partial charge < -0.3 is 9.15 Å². The summed E-state index contributed by atoms with van der Waals surface area (Å²) >= 11 is 0. The molecule has 0 spiro atoms. The Labute approximate surface area is 106 Å². The molecule has 4 heteroatoms. The summed E-state index contributed by atoms with van der Waals surface area (Å²) in [7, 11) is 0. The number of hydrogen-bond acceptors (Lipinski definition) is 4. The first-order chi connectivity index (χ1) is 8.90. The Morgan fingerprint density at radius 2 is 2.22 bits per heavy atom. The fourth-order valence-corrected chi connectivity index (χ4v) is 2.45. The van der Waals surface area contributed by atoms with Crippen molar-refractivity contribution < 1.29 is 9.15 Å². The molecule has 1 aliphatic rings. The second-order valence-electron chi connectivity index (χ2n) is 4.44. The van der Waals surface area contributed by atoms with Crippen molar-refractivity contribution in [3.05, 3.63) is 53.5 Å². The quantitative estimate of drug-likeness (QED) is 0.641. The zero-order valence-corrected chi connectivity index (χ0v) is 10.1. The maximum absolute atomic E-state index is 5.81. The van der Waals surface area contributed by atoms with Crippen molar-refractivity contribution in [1.82, 2.24) is 5.43 Å². The number of nitrogens with two attached hydrogens (primary N) is 1. The summed E-state index contributed by atoms with van der Waals surface area (Å²) in [4.78, 5) is 0. The van der Waals surface area contributed by atoms with Gasteiger partial charge in [0.15, 0.2) is 0 Å². The van der Waals surface area contributed by atoms with Crippen LogP contribution in [0.4, 0.5) is 0 Å². The summed E-state index contributed by atoms with van der Waals surface area (Å²) in [5.41, 5.74) is 6.15. The number of nitrogens with one attached hydrogen (secondary N) is 1. The first-order valence-corrected chi connectivity index (χ1v) is 6.13. The number of furan rings is 1. The predicted octanol–water partition coefficient (Wildman–Crippen LogP) is 2.16. The van der Waals surface area contributed by atoms with E-state index < -0.39 is 0 Å². The van der Waals surface area contributed by atoms with E-state index in [0.717, 1.165) is 36.3 Å². The van der Waals surface area contributed by atoms with Gasteiger partial charge in [0.2, 0.25) is 0 Å². The predicted molar refractivity (Wildman–Crippen MR) is 68.1 cm³/mol. The van der Waals surface area contributed by atoms with Crippen molar-refractivity contribution in [2.24, 2.45) is 5.84 Å². The fourth-order valence-electron chi connectivity index (χ4n) is 2.45. The summed E-state index contributed by atoms with van der Waals surface area (Å²) < 4.78 is 10.9. The zero-order chi connectivity index (χ0) is 12.4. The van der Waals surface area contributed by atoms with E-state index in [1.807, 2.05) is 18.2 Å². The van der Waals surface area contributed by atoms with Crippen molar-refractivity contribution in [2.75, 3.05) is 6.61 Å². The molecule has 4 nitrogen and oxygen atoms in total. The molecule has 1 aliphatic heterocycles. The average Bonchev–Trinajstić information content (AvgIpc) is 2.94. The van der Waals surface area contributed by atoms with Crippen LogP contribution in [-0.4, -0.2) is 6.61 Å². The molecule has 0 fully saturated rings. The molecule has 0 saturated heterocycles. The maximum Gasteiger partial charge on any atom is 0.127 e. The summed E-state index contributed by atoms with van der Waals surface area (Å²) in [5.74, 6) is 6.65. The number of fused-ring (bicyclic) bond motifs is 1. The number of hydrazine groups is 1. The smallest absolute Gasteiger partial charge is 0.127 e. The van der Waals surface area contributed by atoms with E-state index in [1.165, 1.54) is 5.56 Å². The number of hydrogen-bond donors (Lipinski definition) is 2. The molecule has 2 heterocycles. The van der Waals surface area contributed by atoms with Gasteiger partial charge in [-0.2, -0.15) is 0 Å². The Morgan fingerprint density at radius 3 is 3.00 bits per heavy atom. The minimum absolute atomic E-state index is 0.100. The molecule has 94 valence electrons. The largest absolute Gasteiger partial charge is 0.493 e. The molecule has 1 aromatic heterocycles. The Balaban J connectivity index is 2.05. The summed E-state index contributed by atoms with van der Waals surface area (Å²) in [6, 6.07) is 8.01. The maximum atomic E-state index is 5.81. The first kappa shape index (κ1) is 11.3. The molecule has 0 amide bonds. The number of ether oxygens (including phenoxy) is 1. The van der Waals surface area contributed by atoms with E-state index in [4.69, 9.17) is 15.0 Å². The number of aryl methyl sites for hydroxylation is 1. The molecule has 0 radical (unpaired) electrons. The van der Waals surface area contributed by atoms with Gasteiger partial charge in [-0.3, -0.25) is 5.84 Å². The molecular formula is C14H16N2O2. The van der Waals surface area contributed by atoms with E-state index in [9.17, 15) is 0 Å². The van der Waals surface area contributed by atoms with Gasteiger partial charge in [0.05, 0.1) is 25.2 Å². The summed E-state index contributed by atoms with van der Waals surface area (Å²) in [6.45, 7) is 0.771. The lowest BCUT2D eigenvalue weighted by atomic mass is 9.95. The highest BCUT2D eigenvalue weighted by Gasteiger charge is 2.22. The Morgan fingerprint density at radius 1 is 1.28 bits per heavy atom. The van der Waals surface area contributed by atoms with Gasteiger partial charge in [-0.15, -0.1) is 0 Å². The Kier molecular flexibility index (Phi) is 3.04. The van der Waals surface area contributed by atoms with Crippen LogP contribution in [0, 0.1) is 0 Å². The van der Waals surface area contributed by atoms with Gasteiger partial charge in [-0.05, 0) is 24.5 Å². The zero-order valence-electron chi connectivity index (χ0n) is 10.1. The third-order valence-corrected chi connectivity index (χ3v) is 3.32. The highest BCUT2D eigenvalue weighted by molar-refractivity contribution is 5.47. The second kappa shape index (κ2) is 4.84. The average molecular weight is 244 g/mol. The third-order valence-electron chi connectivity index (χ3n) is 3.32. The van der Waals surface area contributed by atoms with Crippen LogP contribution in [-0.2, 0) is 6.42 Å². The molecule has 1 atom stereocenters. The van der Waals surface area contributed by atoms with Crippen LogP contribution in [0.2, 0.25) is 0 Å². The second-order valence-corrected chi connectivity index (χ2v) is 4.44. The lowest BCUT2D eigenvalue weighted by molar-refractivity contribution is 0.283. The molecular weight excluding hydrogens is 228 g/mol. The van der Waals surface area contributed by atoms with Crippen LogP contribution in [0.1, 0.15) is 29.2 Å². The molecule has 1 aromatic carbocycles. The summed E-state index contributed by atoms with van der Waals surface area (Å²) in [6.07, 6.45) is 5.48. The minimum atomic E-state index is -0.100. The van der Waals surface area contributed by atoms with Crippen molar-refractivity contribution >= 4 is 0 Å². The SMILES string of the molecule is NNC(c1ccoc1)c1cccc2c1OCCC2. The molecule has 0 aliphatic carbocycles. The molecule has 3 N–H and O–H groups in total. The summed E-state index contributed by atoms with van der Waals surface area (Å²) in [5, 5.41) is 0. The van der Waals surface area contributed by atoms with Gasteiger partial charge in [-0.1, -0.05) is 18.2 Å². The highest BCUT2D eigenvalue weighted by Crippen LogP contribution is 2.35. The molecule has 1 unspecified atom stereocenters.